The Kier molecular flexibility index (Phi) is 6.52. The Morgan fingerprint density at radius 3 is 3.20 bits per heavy atom. The van der Waals surface area contributed by atoms with Crippen LogP contribution in [0.2, 0.25) is 3.23 Å². The zero-order chi connectivity index (χ0) is 14.5. The number of aliphatic hydroxyl groups excluding tert-OH is 1. The van der Waals surface area contributed by atoms with E-state index in [2.05, 4.69) is 23.8 Å². The van der Waals surface area contributed by atoms with Gasteiger partial charge in [-0.2, -0.15) is 0 Å². The van der Waals surface area contributed by atoms with Crippen LogP contribution >= 0.6 is 9.47 Å². The predicted molar refractivity (Wildman–Crippen MR) is 72.8 cm³/mol. The minimum atomic E-state index is -0.825. The summed E-state index contributed by atoms with van der Waals surface area (Å²) in [5.41, 5.74) is -0.362. The SMILES string of the molecule is C[CH2][Y][NH]c1ccn([C@H]2C[C@@H](O)[C@@H](COP)O2)c(=O)n1. The van der Waals surface area contributed by atoms with Crippen molar-refractivity contribution in [2.24, 2.45) is 0 Å². The number of nitrogens with zero attached hydrogens (tertiary/aromatic N) is 2. The first-order chi connectivity index (χ1) is 9.65. The van der Waals surface area contributed by atoms with Gasteiger partial charge in [0.2, 0.25) is 0 Å². The van der Waals surface area contributed by atoms with Gasteiger partial charge in [-0.3, -0.25) is 0 Å². The topological polar surface area (TPSA) is 85.6 Å². The Labute approximate surface area is 135 Å². The van der Waals surface area contributed by atoms with E-state index in [1.54, 1.807) is 12.3 Å². The molecule has 9 heteroatoms. The molecule has 0 amide bonds. The van der Waals surface area contributed by atoms with Crippen LogP contribution in [-0.2, 0) is 38.8 Å². The van der Waals surface area contributed by atoms with Gasteiger partial charge in [-0.25, -0.2) is 0 Å². The molecular formula is C11H18N3O4PY. The van der Waals surface area contributed by atoms with Crippen LogP contribution in [0.15, 0.2) is 17.1 Å². The van der Waals surface area contributed by atoms with Gasteiger partial charge >= 0.3 is 136 Å². The molecular weight excluding hydrogens is 358 g/mol. The molecule has 109 valence electrons. The maximum atomic E-state index is 12.0. The Morgan fingerprint density at radius 1 is 1.75 bits per heavy atom. The number of hydrogen-bond acceptors (Lipinski definition) is 6. The van der Waals surface area contributed by atoms with Gasteiger partial charge in [-0.15, -0.1) is 0 Å². The Hall–Kier alpha value is 0.0939. The van der Waals surface area contributed by atoms with Gasteiger partial charge in [0.1, 0.15) is 0 Å². The van der Waals surface area contributed by atoms with Crippen molar-refractivity contribution in [1.29, 1.82) is 0 Å². The van der Waals surface area contributed by atoms with Crippen LogP contribution in [0.25, 0.3) is 0 Å². The van der Waals surface area contributed by atoms with Crippen molar-refractivity contribution in [3.63, 3.8) is 0 Å². The van der Waals surface area contributed by atoms with Crippen LogP contribution in [0.5, 0.6) is 0 Å². The fraction of sp³-hybridized carbons (Fsp3) is 0.636. The molecule has 7 nitrogen and oxygen atoms in total. The summed E-state index contributed by atoms with van der Waals surface area (Å²) in [6.07, 6.45) is 0.479. The van der Waals surface area contributed by atoms with E-state index in [9.17, 15) is 9.90 Å². The summed E-state index contributed by atoms with van der Waals surface area (Å²) in [6, 6.07) is 1.78. The third-order valence-electron chi connectivity index (χ3n) is 3.06. The molecule has 0 saturated carbocycles. The number of anilines is 1. The van der Waals surface area contributed by atoms with Crippen molar-refractivity contribution in [2.45, 2.75) is 35.0 Å². The van der Waals surface area contributed by atoms with E-state index in [1.165, 1.54) is 4.57 Å². The normalized spacial score (nSPS) is 25.4. The molecule has 2 rings (SSSR count). The Bertz CT molecular complexity index is 501. The van der Waals surface area contributed by atoms with Crippen LogP contribution in [0.1, 0.15) is 19.6 Å². The zero-order valence-corrected chi connectivity index (χ0v) is 15.2. The van der Waals surface area contributed by atoms with Crippen molar-refractivity contribution >= 4 is 15.3 Å². The number of aromatic nitrogens is 2. The van der Waals surface area contributed by atoms with Crippen LogP contribution in [0.4, 0.5) is 5.82 Å². The van der Waals surface area contributed by atoms with Crippen molar-refractivity contribution < 1.29 is 43.9 Å². The fourth-order valence-corrected chi connectivity index (χ4v) is 3.65. The third-order valence-corrected chi connectivity index (χ3v) is 5.48. The van der Waals surface area contributed by atoms with Crippen LogP contribution in [-0.4, -0.2) is 33.5 Å². The second-order valence-corrected chi connectivity index (χ2v) is 8.58. The quantitative estimate of drug-likeness (QED) is 0.706. The molecule has 1 fully saturated rings. The first-order valence-corrected chi connectivity index (χ1v) is 10.4. The van der Waals surface area contributed by atoms with E-state index >= 15 is 0 Å². The number of hydrogen-bond donors (Lipinski definition) is 2. The predicted octanol–water partition coefficient (Wildman–Crippen LogP) is 0.546. The second kappa shape index (κ2) is 7.92. The molecule has 1 aliphatic rings. The van der Waals surface area contributed by atoms with Crippen molar-refractivity contribution in [3.05, 3.63) is 22.7 Å². The summed E-state index contributed by atoms with van der Waals surface area (Å²) in [5, 5.41) is 9.86. The average molecular weight is 376 g/mol. The monoisotopic (exact) mass is 376 g/mol. The summed E-state index contributed by atoms with van der Waals surface area (Å²) in [5.74, 6) is 0.637. The minimum absolute atomic E-state index is 0.272. The van der Waals surface area contributed by atoms with Crippen LogP contribution < -0.4 is 8.14 Å². The van der Waals surface area contributed by atoms with E-state index < -0.39 is 48.0 Å². The molecule has 2 N–H and O–H groups in total. The van der Waals surface area contributed by atoms with Crippen molar-refractivity contribution in [2.75, 3.05) is 9.06 Å². The van der Waals surface area contributed by atoms with Crippen molar-refractivity contribution in [1.82, 2.24) is 9.55 Å². The second-order valence-electron chi connectivity index (χ2n) is 4.52. The number of nitrogens with one attached hydrogen (secondary N) is 1. The van der Waals surface area contributed by atoms with Gasteiger partial charge in [-0.1, -0.05) is 0 Å². The van der Waals surface area contributed by atoms with Gasteiger partial charge in [0, 0.05) is 0 Å². The molecule has 4 atom stereocenters. The molecule has 0 spiro atoms. The molecule has 1 aliphatic heterocycles. The average Bonchev–Trinajstić information content (AvgIpc) is 2.78. The van der Waals surface area contributed by atoms with Gasteiger partial charge in [0.05, 0.1) is 0 Å². The van der Waals surface area contributed by atoms with Gasteiger partial charge in [-0.05, 0) is 0 Å². The van der Waals surface area contributed by atoms with E-state index in [-0.39, 0.29) is 12.3 Å². The Balaban J connectivity index is 2.08. The first kappa shape index (κ1) is 16.5. The zero-order valence-electron chi connectivity index (χ0n) is 11.2. The fourth-order valence-electron chi connectivity index (χ4n) is 2.05. The van der Waals surface area contributed by atoms with Crippen LogP contribution in [0.3, 0.4) is 0 Å². The molecule has 1 aromatic heterocycles. The molecule has 0 bridgehead atoms. The molecule has 2 heterocycles. The summed E-state index contributed by atoms with van der Waals surface area (Å²) in [7, 11) is 2.12. The first-order valence-electron chi connectivity index (χ1n) is 6.48. The molecule has 1 saturated heterocycles. The Morgan fingerprint density at radius 2 is 2.55 bits per heavy atom. The molecule has 1 unspecified atom stereocenters. The molecule has 0 radical (unpaired) electrons. The van der Waals surface area contributed by atoms with Gasteiger partial charge in [0.25, 0.3) is 0 Å². The van der Waals surface area contributed by atoms with E-state index in [1.807, 2.05) is 0 Å². The molecule has 0 aromatic carbocycles. The van der Waals surface area contributed by atoms with Crippen molar-refractivity contribution in [3.8, 4) is 0 Å². The van der Waals surface area contributed by atoms with Gasteiger partial charge < -0.3 is 0 Å². The van der Waals surface area contributed by atoms with E-state index in [0.717, 1.165) is 3.23 Å². The van der Waals surface area contributed by atoms with E-state index in [4.69, 9.17) is 9.26 Å². The summed E-state index contributed by atoms with van der Waals surface area (Å²) < 4.78 is 16.3. The number of ether oxygens (including phenoxy) is 1. The van der Waals surface area contributed by atoms with E-state index in [0.29, 0.717) is 12.2 Å². The van der Waals surface area contributed by atoms with Crippen LogP contribution in [0, 0.1) is 0 Å². The third kappa shape index (κ3) is 4.06. The summed E-state index contributed by atoms with van der Waals surface area (Å²) in [4.78, 5) is 16.0. The van der Waals surface area contributed by atoms with Gasteiger partial charge in [0.15, 0.2) is 0 Å². The standard InChI is InChI=1S/C9H14N3O4P.C2H5.Y/c10-7-1-2-12(9(14)11-7)8-3-5(13)6(16-8)4-15-17;1-2;/h1-2,5-6,8,13H,3-4,17H2,(H2,10,11,14);1H2,2H3;/q;;+1/p-1/t5-,6-,8-;;/m1../s1. The maximum absolute atomic E-state index is 12.0. The molecule has 20 heavy (non-hydrogen) atoms. The molecule has 1 aromatic rings. The molecule has 0 aliphatic carbocycles. The number of aliphatic hydroxyl groups is 1. The number of rotatable bonds is 6. The summed E-state index contributed by atoms with van der Waals surface area (Å²) in [6.45, 7) is 2.39. The summed E-state index contributed by atoms with van der Waals surface area (Å²) >= 11 is -0.825.